The molecule has 0 spiro atoms. The highest BCUT2D eigenvalue weighted by molar-refractivity contribution is 6.31. The standard InChI is InChI=1S/C23H22ClN5O2/c1-4-28(13-20-25-19-8-6-5-7-18(19)22(30)26-20)23(31)16-9-11-17(12-10-16)29-15(3)21(24)14(2)27-29/h5-12H,4,13H2,1-3H3,(H,25,26,30). The summed E-state index contributed by atoms with van der Waals surface area (Å²) in [5, 5.41) is 5.60. The number of halogens is 1. The number of nitrogens with one attached hydrogen (secondary N) is 1. The highest BCUT2D eigenvalue weighted by Crippen LogP contribution is 2.22. The Balaban J connectivity index is 1.57. The van der Waals surface area contributed by atoms with E-state index >= 15 is 0 Å². The molecule has 158 valence electrons. The molecule has 7 nitrogen and oxygen atoms in total. The molecule has 0 aliphatic heterocycles. The van der Waals surface area contributed by atoms with Gasteiger partial charge in [0, 0.05) is 12.1 Å². The van der Waals surface area contributed by atoms with Gasteiger partial charge in [0.05, 0.1) is 39.5 Å². The lowest BCUT2D eigenvalue weighted by Gasteiger charge is -2.20. The second kappa shape index (κ2) is 8.35. The Morgan fingerprint density at radius 2 is 1.84 bits per heavy atom. The van der Waals surface area contributed by atoms with E-state index in [0.29, 0.717) is 33.9 Å². The van der Waals surface area contributed by atoms with E-state index in [1.165, 1.54) is 0 Å². The number of aromatic amines is 1. The third-order valence-electron chi connectivity index (χ3n) is 5.23. The molecule has 8 heteroatoms. The number of carbonyl (C=O) groups is 1. The third-order valence-corrected chi connectivity index (χ3v) is 5.78. The second-order valence-corrected chi connectivity index (χ2v) is 7.67. The monoisotopic (exact) mass is 435 g/mol. The summed E-state index contributed by atoms with van der Waals surface area (Å²) in [5.74, 6) is 0.309. The molecular formula is C23H22ClN5O2. The predicted octanol–water partition coefficient (Wildman–Crippen LogP) is 4.04. The number of rotatable bonds is 5. The summed E-state index contributed by atoms with van der Waals surface area (Å²) < 4.78 is 1.76. The lowest BCUT2D eigenvalue weighted by molar-refractivity contribution is 0.0748. The van der Waals surface area contributed by atoms with Gasteiger partial charge in [0.2, 0.25) is 0 Å². The van der Waals surface area contributed by atoms with Crippen molar-refractivity contribution in [2.45, 2.75) is 27.3 Å². The predicted molar refractivity (Wildman–Crippen MR) is 121 cm³/mol. The summed E-state index contributed by atoms with van der Waals surface area (Å²) >= 11 is 6.24. The lowest BCUT2D eigenvalue weighted by Crippen LogP contribution is -2.32. The molecule has 4 aromatic rings. The van der Waals surface area contributed by atoms with Crippen molar-refractivity contribution in [3.63, 3.8) is 0 Å². The zero-order chi connectivity index (χ0) is 22.1. The molecule has 1 amide bonds. The van der Waals surface area contributed by atoms with E-state index in [9.17, 15) is 9.59 Å². The van der Waals surface area contributed by atoms with Crippen molar-refractivity contribution in [1.82, 2.24) is 24.6 Å². The molecule has 0 radical (unpaired) electrons. The molecule has 0 saturated heterocycles. The van der Waals surface area contributed by atoms with Gasteiger partial charge < -0.3 is 9.88 Å². The Morgan fingerprint density at radius 1 is 1.13 bits per heavy atom. The number of nitrogens with zero attached hydrogens (tertiary/aromatic N) is 4. The number of hydrogen-bond donors (Lipinski definition) is 1. The van der Waals surface area contributed by atoms with Crippen LogP contribution in [-0.2, 0) is 6.54 Å². The molecular weight excluding hydrogens is 414 g/mol. The smallest absolute Gasteiger partial charge is 0.258 e. The lowest BCUT2D eigenvalue weighted by atomic mass is 10.1. The minimum absolute atomic E-state index is 0.142. The van der Waals surface area contributed by atoms with E-state index in [4.69, 9.17) is 11.6 Å². The first-order chi connectivity index (χ1) is 14.9. The highest BCUT2D eigenvalue weighted by Gasteiger charge is 2.17. The quantitative estimate of drug-likeness (QED) is 0.512. The molecule has 2 aromatic carbocycles. The Kier molecular flexibility index (Phi) is 5.61. The maximum Gasteiger partial charge on any atom is 0.258 e. The van der Waals surface area contributed by atoms with Crippen molar-refractivity contribution in [3.8, 4) is 5.69 Å². The Hall–Kier alpha value is -3.45. The summed E-state index contributed by atoms with van der Waals surface area (Å²) in [6, 6.07) is 14.4. The zero-order valence-electron chi connectivity index (χ0n) is 17.5. The van der Waals surface area contributed by atoms with Crippen LogP contribution in [0.2, 0.25) is 5.02 Å². The molecule has 4 rings (SSSR count). The maximum absolute atomic E-state index is 13.1. The highest BCUT2D eigenvalue weighted by atomic mass is 35.5. The number of benzene rings is 2. The van der Waals surface area contributed by atoms with Crippen LogP contribution in [0.15, 0.2) is 53.3 Å². The van der Waals surface area contributed by atoms with E-state index in [1.807, 2.05) is 39.0 Å². The average Bonchev–Trinajstić information content (AvgIpc) is 3.04. The van der Waals surface area contributed by atoms with E-state index in [1.54, 1.807) is 39.9 Å². The topological polar surface area (TPSA) is 83.9 Å². The minimum Gasteiger partial charge on any atom is -0.331 e. The van der Waals surface area contributed by atoms with Crippen LogP contribution in [-0.4, -0.2) is 37.1 Å². The Bertz CT molecular complexity index is 1320. The van der Waals surface area contributed by atoms with Crippen LogP contribution in [0.5, 0.6) is 0 Å². The van der Waals surface area contributed by atoms with E-state index < -0.39 is 0 Å². The molecule has 0 aliphatic carbocycles. The van der Waals surface area contributed by atoms with Gasteiger partial charge in [-0.1, -0.05) is 23.7 Å². The van der Waals surface area contributed by atoms with Crippen molar-refractivity contribution in [2.75, 3.05) is 6.54 Å². The van der Waals surface area contributed by atoms with Crippen LogP contribution in [0.4, 0.5) is 0 Å². The van der Waals surface area contributed by atoms with Crippen LogP contribution in [0.3, 0.4) is 0 Å². The first kappa shape index (κ1) is 20.8. The summed E-state index contributed by atoms with van der Waals surface area (Å²) in [4.78, 5) is 34.3. The molecule has 0 unspecified atom stereocenters. The summed E-state index contributed by atoms with van der Waals surface area (Å²) in [6.45, 7) is 6.34. The van der Waals surface area contributed by atoms with Crippen LogP contribution in [0, 0.1) is 13.8 Å². The summed E-state index contributed by atoms with van der Waals surface area (Å²) in [6.07, 6.45) is 0. The van der Waals surface area contributed by atoms with Crippen molar-refractivity contribution in [2.24, 2.45) is 0 Å². The first-order valence-corrected chi connectivity index (χ1v) is 10.4. The van der Waals surface area contributed by atoms with Gasteiger partial charge in [0.25, 0.3) is 11.5 Å². The molecule has 0 aliphatic rings. The molecule has 2 heterocycles. The minimum atomic E-state index is -0.211. The number of carbonyl (C=O) groups excluding carboxylic acids is 1. The molecule has 31 heavy (non-hydrogen) atoms. The van der Waals surface area contributed by atoms with Crippen molar-refractivity contribution in [1.29, 1.82) is 0 Å². The SMILES string of the molecule is CCN(Cc1nc2ccccc2c(=O)[nH]1)C(=O)c1ccc(-n2nc(C)c(Cl)c2C)cc1. The van der Waals surface area contributed by atoms with Gasteiger partial charge in [-0.2, -0.15) is 5.10 Å². The van der Waals surface area contributed by atoms with Gasteiger partial charge >= 0.3 is 0 Å². The molecule has 0 saturated carbocycles. The van der Waals surface area contributed by atoms with Gasteiger partial charge in [0.1, 0.15) is 5.82 Å². The fourth-order valence-corrected chi connectivity index (χ4v) is 3.64. The van der Waals surface area contributed by atoms with Gasteiger partial charge in [-0.25, -0.2) is 9.67 Å². The van der Waals surface area contributed by atoms with E-state index in [-0.39, 0.29) is 18.0 Å². The normalized spacial score (nSPS) is 11.1. The number of aryl methyl sites for hydroxylation is 1. The van der Waals surface area contributed by atoms with Gasteiger partial charge in [-0.3, -0.25) is 9.59 Å². The molecule has 1 N–H and O–H groups in total. The van der Waals surface area contributed by atoms with Gasteiger partial charge in [0.15, 0.2) is 0 Å². The molecule has 0 atom stereocenters. The van der Waals surface area contributed by atoms with E-state index in [2.05, 4.69) is 15.1 Å². The number of amides is 1. The fraction of sp³-hybridized carbons (Fsp3) is 0.217. The molecule has 0 fully saturated rings. The molecule has 2 aromatic heterocycles. The molecule has 0 bridgehead atoms. The largest absolute Gasteiger partial charge is 0.331 e. The van der Waals surface area contributed by atoms with Crippen molar-refractivity contribution >= 4 is 28.4 Å². The van der Waals surface area contributed by atoms with E-state index in [0.717, 1.165) is 17.1 Å². The van der Waals surface area contributed by atoms with Crippen LogP contribution in [0.1, 0.15) is 34.5 Å². The summed E-state index contributed by atoms with van der Waals surface area (Å²) in [7, 11) is 0. The van der Waals surface area contributed by atoms with Crippen LogP contribution < -0.4 is 5.56 Å². The number of hydrogen-bond acceptors (Lipinski definition) is 4. The Labute approximate surface area is 184 Å². The fourth-order valence-electron chi connectivity index (χ4n) is 3.52. The van der Waals surface area contributed by atoms with Crippen molar-refractivity contribution in [3.05, 3.63) is 86.7 Å². The number of aromatic nitrogens is 4. The number of fused-ring (bicyclic) bond motifs is 1. The van der Waals surface area contributed by atoms with Gasteiger partial charge in [-0.05, 0) is 57.2 Å². The number of para-hydroxylation sites is 1. The third kappa shape index (κ3) is 3.96. The summed E-state index contributed by atoms with van der Waals surface area (Å²) in [5.41, 5.74) is 3.37. The second-order valence-electron chi connectivity index (χ2n) is 7.29. The number of H-pyrrole nitrogens is 1. The Morgan fingerprint density at radius 3 is 2.48 bits per heavy atom. The van der Waals surface area contributed by atoms with Crippen LogP contribution in [0.25, 0.3) is 16.6 Å². The van der Waals surface area contributed by atoms with Crippen molar-refractivity contribution < 1.29 is 4.79 Å². The maximum atomic E-state index is 13.1. The zero-order valence-corrected chi connectivity index (χ0v) is 18.3. The first-order valence-electron chi connectivity index (χ1n) is 9.98. The van der Waals surface area contributed by atoms with Crippen LogP contribution >= 0.6 is 11.6 Å². The average molecular weight is 436 g/mol. The van der Waals surface area contributed by atoms with Gasteiger partial charge in [-0.15, -0.1) is 0 Å².